The zero-order chi connectivity index (χ0) is 17.8. The summed E-state index contributed by atoms with van der Waals surface area (Å²) in [6, 6.07) is 9.39. The predicted octanol–water partition coefficient (Wildman–Crippen LogP) is 3.20. The van der Waals surface area contributed by atoms with Gasteiger partial charge in [-0.3, -0.25) is 4.79 Å². The molecule has 2 heterocycles. The van der Waals surface area contributed by atoms with Crippen molar-refractivity contribution in [2.75, 3.05) is 7.11 Å². The topological polar surface area (TPSA) is 75.0 Å². The van der Waals surface area contributed by atoms with E-state index >= 15 is 0 Å². The summed E-state index contributed by atoms with van der Waals surface area (Å²) in [7, 11) is 1.31. The monoisotopic (exact) mass is 344 g/mol. The Hall–Kier alpha value is -2.76. The van der Waals surface area contributed by atoms with Gasteiger partial charge in [0.05, 0.1) is 7.11 Å². The van der Waals surface area contributed by atoms with Crippen LogP contribution in [0.3, 0.4) is 0 Å². The highest BCUT2D eigenvalue weighted by Gasteiger charge is 2.23. The number of esters is 2. The van der Waals surface area contributed by atoms with E-state index in [1.54, 1.807) is 13.0 Å². The van der Waals surface area contributed by atoms with Crippen molar-refractivity contribution >= 4 is 11.9 Å². The van der Waals surface area contributed by atoms with Gasteiger partial charge >= 0.3 is 11.9 Å². The number of cyclic esters (lactones) is 1. The van der Waals surface area contributed by atoms with Crippen molar-refractivity contribution in [3.05, 3.63) is 53.0 Å². The molecule has 0 unspecified atom stereocenters. The molecule has 1 aliphatic heterocycles. The highest BCUT2D eigenvalue weighted by molar-refractivity contribution is 5.87. The molecule has 1 aromatic heterocycles. The van der Waals surface area contributed by atoms with Crippen LogP contribution in [-0.4, -0.2) is 25.2 Å². The summed E-state index contributed by atoms with van der Waals surface area (Å²) in [5.74, 6) is 0.828. The molecule has 2 aromatic rings. The van der Waals surface area contributed by atoms with Crippen LogP contribution in [0.5, 0.6) is 5.75 Å². The number of ether oxygens (including phenoxy) is 3. The molecular weight excluding hydrogens is 324 g/mol. The first-order chi connectivity index (χ1) is 12.0. The van der Waals surface area contributed by atoms with Crippen molar-refractivity contribution in [3.8, 4) is 5.75 Å². The molecule has 0 spiro atoms. The molecule has 0 aliphatic carbocycles. The fourth-order valence-electron chi connectivity index (χ4n) is 2.78. The van der Waals surface area contributed by atoms with Crippen molar-refractivity contribution in [2.24, 2.45) is 0 Å². The summed E-state index contributed by atoms with van der Waals surface area (Å²) in [4.78, 5) is 22.7. The van der Waals surface area contributed by atoms with Crippen molar-refractivity contribution in [1.82, 2.24) is 0 Å². The summed E-state index contributed by atoms with van der Waals surface area (Å²) in [5.41, 5.74) is 1.81. The summed E-state index contributed by atoms with van der Waals surface area (Å²) < 4.78 is 21.0. The number of rotatable bonds is 6. The van der Waals surface area contributed by atoms with Crippen molar-refractivity contribution in [2.45, 2.75) is 38.9 Å². The predicted molar refractivity (Wildman–Crippen MR) is 88.4 cm³/mol. The molecule has 1 saturated heterocycles. The maximum atomic E-state index is 11.5. The fraction of sp³-hybridized carbons (Fsp3) is 0.368. The molecule has 25 heavy (non-hydrogen) atoms. The van der Waals surface area contributed by atoms with Gasteiger partial charge in [0.25, 0.3) is 0 Å². The van der Waals surface area contributed by atoms with E-state index in [-0.39, 0.29) is 24.4 Å². The Morgan fingerprint density at radius 1 is 1.28 bits per heavy atom. The molecule has 0 N–H and O–H groups in total. The van der Waals surface area contributed by atoms with Gasteiger partial charge < -0.3 is 18.6 Å². The average Bonchev–Trinajstić information content (AvgIpc) is 3.19. The molecule has 1 atom stereocenters. The SMILES string of the molecule is COC(=O)c1oc(COc2ccc(C[C@H]3CCC(=O)O3)cc2)cc1C. The number of carbonyl (C=O) groups excluding carboxylic acids is 2. The van der Waals surface area contributed by atoms with Gasteiger partial charge in [0.2, 0.25) is 5.76 Å². The van der Waals surface area contributed by atoms with Crippen LogP contribution in [0.2, 0.25) is 0 Å². The van der Waals surface area contributed by atoms with Gasteiger partial charge in [0.15, 0.2) is 0 Å². The number of aryl methyl sites for hydroxylation is 1. The Morgan fingerprint density at radius 2 is 2.04 bits per heavy atom. The maximum Gasteiger partial charge on any atom is 0.374 e. The quantitative estimate of drug-likeness (QED) is 0.749. The third-order valence-corrected chi connectivity index (χ3v) is 4.08. The second-order valence-corrected chi connectivity index (χ2v) is 6.00. The van der Waals surface area contributed by atoms with Gasteiger partial charge in [-0.2, -0.15) is 0 Å². The molecule has 0 bridgehead atoms. The van der Waals surface area contributed by atoms with Gasteiger partial charge in [-0.1, -0.05) is 12.1 Å². The summed E-state index contributed by atoms with van der Waals surface area (Å²) in [6.07, 6.45) is 1.97. The van der Waals surface area contributed by atoms with Gasteiger partial charge in [-0.15, -0.1) is 0 Å². The number of hydrogen-bond donors (Lipinski definition) is 0. The third kappa shape index (κ3) is 4.21. The molecule has 1 aromatic carbocycles. The Labute approximate surface area is 145 Å². The zero-order valence-electron chi connectivity index (χ0n) is 14.2. The van der Waals surface area contributed by atoms with Gasteiger partial charge in [-0.25, -0.2) is 4.79 Å². The maximum absolute atomic E-state index is 11.5. The minimum absolute atomic E-state index is 0.0258. The molecule has 0 amide bonds. The number of hydrogen-bond acceptors (Lipinski definition) is 6. The van der Waals surface area contributed by atoms with Crippen LogP contribution in [0.25, 0.3) is 0 Å². The molecule has 0 radical (unpaired) electrons. The second-order valence-electron chi connectivity index (χ2n) is 6.00. The van der Waals surface area contributed by atoms with Crippen LogP contribution in [-0.2, 0) is 27.3 Å². The number of furan rings is 1. The summed E-state index contributed by atoms with van der Waals surface area (Å²) in [6.45, 7) is 2.00. The van der Waals surface area contributed by atoms with Crippen LogP contribution >= 0.6 is 0 Å². The number of methoxy groups -OCH3 is 1. The first kappa shape index (κ1) is 17.1. The lowest BCUT2D eigenvalue weighted by Crippen LogP contribution is -2.10. The van der Waals surface area contributed by atoms with Crippen LogP contribution in [0.1, 0.15) is 40.3 Å². The molecule has 1 fully saturated rings. The van der Waals surface area contributed by atoms with Crippen LogP contribution in [0.4, 0.5) is 0 Å². The Balaban J connectivity index is 1.55. The molecule has 3 rings (SSSR count). The second kappa shape index (κ2) is 7.42. The van der Waals surface area contributed by atoms with Crippen molar-refractivity contribution < 1.29 is 28.2 Å². The first-order valence-corrected chi connectivity index (χ1v) is 8.14. The Morgan fingerprint density at radius 3 is 2.68 bits per heavy atom. The normalized spacial score (nSPS) is 16.6. The van der Waals surface area contributed by atoms with E-state index in [0.29, 0.717) is 29.9 Å². The standard InChI is InChI=1S/C19H20O6/c1-12-9-16(25-18(12)19(21)22-2)11-23-14-5-3-13(4-6-14)10-15-7-8-17(20)24-15/h3-6,9,15H,7-8,10-11H2,1-2H3/t15-/m1/s1. The molecular formula is C19H20O6. The Kier molecular flexibility index (Phi) is 5.07. The lowest BCUT2D eigenvalue weighted by atomic mass is 10.1. The highest BCUT2D eigenvalue weighted by Crippen LogP contribution is 2.22. The lowest BCUT2D eigenvalue weighted by Gasteiger charge is -2.10. The molecule has 6 heteroatoms. The number of carbonyl (C=O) groups is 2. The summed E-state index contributed by atoms with van der Waals surface area (Å²) >= 11 is 0. The summed E-state index contributed by atoms with van der Waals surface area (Å²) in [5, 5.41) is 0. The fourth-order valence-corrected chi connectivity index (χ4v) is 2.78. The minimum Gasteiger partial charge on any atom is -0.486 e. The third-order valence-electron chi connectivity index (χ3n) is 4.08. The van der Waals surface area contributed by atoms with Gasteiger partial charge in [0.1, 0.15) is 24.2 Å². The van der Waals surface area contributed by atoms with Crippen LogP contribution < -0.4 is 4.74 Å². The average molecular weight is 344 g/mol. The van der Waals surface area contributed by atoms with E-state index in [1.807, 2.05) is 24.3 Å². The Bertz CT molecular complexity index is 759. The van der Waals surface area contributed by atoms with Crippen molar-refractivity contribution in [1.29, 1.82) is 0 Å². The van der Waals surface area contributed by atoms with Gasteiger partial charge in [-0.05, 0) is 37.1 Å². The first-order valence-electron chi connectivity index (χ1n) is 8.14. The van der Waals surface area contributed by atoms with E-state index in [0.717, 1.165) is 12.0 Å². The number of benzene rings is 1. The van der Waals surface area contributed by atoms with E-state index in [9.17, 15) is 9.59 Å². The van der Waals surface area contributed by atoms with Crippen LogP contribution in [0, 0.1) is 6.92 Å². The lowest BCUT2D eigenvalue weighted by molar-refractivity contribution is -0.141. The minimum atomic E-state index is -0.499. The molecule has 1 aliphatic rings. The van der Waals surface area contributed by atoms with Gasteiger partial charge in [0, 0.05) is 18.4 Å². The van der Waals surface area contributed by atoms with Crippen LogP contribution in [0.15, 0.2) is 34.7 Å². The molecule has 132 valence electrons. The van der Waals surface area contributed by atoms with E-state index in [2.05, 4.69) is 4.74 Å². The largest absolute Gasteiger partial charge is 0.486 e. The van der Waals surface area contributed by atoms with E-state index < -0.39 is 5.97 Å². The van der Waals surface area contributed by atoms with E-state index in [4.69, 9.17) is 13.9 Å². The smallest absolute Gasteiger partial charge is 0.374 e. The highest BCUT2D eigenvalue weighted by atomic mass is 16.6. The van der Waals surface area contributed by atoms with E-state index in [1.165, 1.54) is 7.11 Å². The molecule has 0 saturated carbocycles. The zero-order valence-corrected chi connectivity index (χ0v) is 14.2. The van der Waals surface area contributed by atoms with Crippen molar-refractivity contribution in [3.63, 3.8) is 0 Å². The molecule has 6 nitrogen and oxygen atoms in total.